The van der Waals surface area contributed by atoms with Crippen LogP contribution in [0.3, 0.4) is 0 Å². The van der Waals surface area contributed by atoms with Crippen molar-refractivity contribution in [3.05, 3.63) is 18.2 Å². The Balaban J connectivity index is 1.52. The smallest absolute Gasteiger partial charge is 0.326 e. The van der Waals surface area contributed by atoms with Crippen molar-refractivity contribution >= 4 is 34.6 Å². The number of carbonyl (C=O) groups is 3. The number of carbonyl (C=O) groups excluding carboxylic acids is 3. The normalized spacial score (nSPS) is 17.2. The molecular formula is C16H18N2O6S. The van der Waals surface area contributed by atoms with Gasteiger partial charge in [-0.15, -0.1) is 0 Å². The Morgan fingerprint density at radius 1 is 1.32 bits per heavy atom. The summed E-state index contributed by atoms with van der Waals surface area (Å²) in [4.78, 5) is 36.9. The second kappa shape index (κ2) is 7.64. The molecule has 1 atom stereocenters. The molecule has 0 radical (unpaired) electrons. The lowest BCUT2D eigenvalue weighted by Gasteiger charge is -2.20. The number of ether oxygens (including phenoxy) is 3. The van der Waals surface area contributed by atoms with Crippen molar-refractivity contribution in [3.8, 4) is 11.5 Å². The van der Waals surface area contributed by atoms with Gasteiger partial charge < -0.3 is 24.4 Å². The number of rotatable bonds is 5. The van der Waals surface area contributed by atoms with Gasteiger partial charge in [-0.25, -0.2) is 0 Å². The second-order valence-corrected chi connectivity index (χ2v) is 6.56. The zero-order valence-electron chi connectivity index (χ0n) is 13.6. The molecule has 0 aliphatic carbocycles. The average molecular weight is 366 g/mol. The summed E-state index contributed by atoms with van der Waals surface area (Å²) in [6.45, 7) is 2.78. The van der Waals surface area contributed by atoms with E-state index in [0.717, 1.165) is 11.8 Å². The van der Waals surface area contributed by atoms with Crippen LogP contribution in [0.15, 0.2) is 18.2 Å². The first-order valence-corrected chi connectivity index (χ1v) is 8.83. The Hall–Kier alpha value is -2.42. The van der Waals surface area contributed by atoms with Crippen molar-refractivity contribution in [1.82, 2.24) is 4.90 Å². The molecule has 0 spiro atoms. The van der Waals surface area contributed by atoms with Crippen LogP contribution < -0.4 is 14.8 Å². The van der Waals surface area contributed by atoms with Crippen molar-refractivity contribution in [3.63, 3.8) is 0 Å². The van der Waals surface area contributed by atoms with Gasteiger partial charge in [0.05, 0.1) is 0 Å². The van der Waals surface area contributed by atoms with E-state index in [1.54, 1.807) is 18.2 Å². The molecule has 0 saturated carbocycles. The van der Waals surface area contributed by atoms with E-state index < -0.39 is 18.0 Å². The fourth-order valence-corrected chi connectivity index (χ4v) is 3.20. The maximum Gasteiger partial charge on any atom is 0.326 e. The topological polar surface area (TPSA) is 94.2 Å². The highest BCUT2D eigenvalue weighted by molar-refractivity contribution is 8.13. The molecule has 1 saturated heterocycles. The molecule has 9 heteroatoms. The summed E-state index contributed by atoms with van der Waals surface area (Å²) in [5.41, 5.74) is 0.517. The van der Waals surface area contributed by atoms with Crippen LogP contribution in [0.4, 0.5) is 10.5 Å². The van der Waals surface area contributed by atoms with Gasteiger partial charge in [-0.1, -0.05) is 11.8 Å². The Labute approximate surface area is 148 Å². The summed E-state index contributed by atoms with van der Waals surface area (Å²) in [6, 6.07) is 5.04. The van der Waals surface area contributed by atoms with E-state index in [2.05, 4.69) is 5.32 Å². The van der Waals surface area contributed by atoms with Crippen LogP contribution in [0.1, 0.15) is 6.92 Å². The third-order valence-corrected chi connectivity index (χ3v) is 4.54. The van der Waals surface area contributed by atoms with Crippen molar-refractivity contribution in [2.45, 2.75) is 13.0 Å². The first-order chi connectivity index (χ1) is 12.0. The third-order valence-electron chi connectivity index (χ3n) is 3.65. The number of fused-ring (bicyclic) bond motifs is 1. The number of nitrogens with one attached hydrogen (secondary N) is 1. The molecule has 3 rings (SSSR count). The summed E-state index contributed by atoms with van der Waals surface area (Å²) >= 11 is 1.16. The zero-order valence-corrected chi connectivity index (χ0v) is 14.5. The number of nitrogens with zero attached hydrogens (tertiary/aromatic N) is 1. The van der Waals surface area contributed by atoms with Crippen molar-refractivity contribution in [2.75, 3.05) is 37.4 Å². The van der Waals surface area contributed by atoms with Crippen LogP contribution in [0.5, 0.6) is 11.5 Å². The highest BCUT2D eigenvalue weighted by Crippen LogP contribution is 2.32. The van der Waals surface area contributed by atoms with Gasteiger partial charge >= 0.3 is 5.97 Å². The number of benzene rings is 1. The standard InChI is InChI=1S/C16H18N2O6S/c1-10(24-14(19)9-18-4-7-25-16(18)21)15(20)17-11-2-3-12-13(8-11)23-6-5-22-12/h2-3,8,10H,4-7,9H2,1H3,(H,17,20)/t10-/m1/s1. The van der Waals surface area contributed by atoms with Crippen LogP contribution in [0, 0.1) is 0 Å². The minimum Gasteiger partial charge on any atom is -0.486 e. The average Bonchev–Trinajstić information content (AvgIpc) is 2.99. The minimum atomic E-state index is -0.981. The molecule has 1 N–H and O–H groups in total. The number of hydrogen-bond acceptors (Lipinski definition) is 7. The molecule has 2 aliphatic rings. The maximum atomic E-state index is 12.2. The van der Waals surface area contributed by atoms with E-state index in [4.69, 9.17) is 14.2 Å². The van der Waals surface area contributed by atoms with E-state index >= 15 is 0 Å². The number of thioether (sulfide) groups is 1. The molecule has 2 aliphatic heterocycles. The number of hydrogen-bond donors (Lipinski definition) is 1. The predicted molar refractivity (Wildman–Crippen MR) is 91.0 cm³/mol. The van der Waals surface area contributed by atoms with Crippen molar-refractivity contribution < 1.29 is 28.6 Å². The molecule has 1 fully saturated rings. The maximum absolute atomic E-state index is 12.2. The third kappa shape index (κ3) is 4.36. The van der Waals surface area contributed by atoms with Crippen LogP contribution >= 0.6 is 11.8 Å². The number of amides is 2. The minimum absolute atomic E-state index is 0.145. The Morgan fingerprint density at radius 2 is 2.08 bits per heavy atom. The van der Waals surface area contributed by atoms with Gasteiger partial charge in [0.15, 0.2) is 17.6 Å². The lowest BCUT2D eigenvalue weighted by atomic mass is 10.2. The van der Waals surface area contributed by atoms with Crippen LogP contribution in [0.25, 0.3) is 0 Å². The number of esters is 1. The zero-order chi connectivity index (χ0) is 17.8. The molecule has 8 nitrogen and oxygen atoms in total. The molecule has 2 amide bonds. The Kier molecular flexibility index (Phi) is 5.32. The molecule has 0 bridgehead atoms. The fraction of sp³-hybridized carbons (Fsp3) is 0.438. The van der Waals surface area contributed by atoms with Crippen molar-refractivity contribution in [2.24, 2.45) is 0 Å². The van der Waals surface area contributed by atoms with Gasteiger partial charge in [0.25, 0.3) is 11.1 Å². The molecule has 134 valence electrons. The van der Waals surface area contributed by atoms with Gasteiger partial charge in [-0.3, -0.25) is 14.4 Å². The highest BCUT2D eigenvalue weighted by Gasteiger charge is 2.26. The first kappa shape index (κ1) is 17.4. The van der Waals surface area contributed by atoms with Crippen molar-refractivity contribution in [1.29, 1.82) is 0 Å². The fourth-order valence-electron chi connectivity index (χ4n) is 2.38. The number of anilines is 1. The molecular weight excluding hydrogens is 348 g/mol. The largest absolute Gasteiger partial charge is 0.486 e. The van der Waals surface area contributed by atoms with Crippen LogP contribution in [-0.2, 0) is 14.3 Å². The molecule has 0 aromatic heterocycles. The summed E-state index contributed by atoms with van der Waals surface area (Å²) in [5.74, 6) is 0.759. The lowest BCUT2D eigenvalue weighted by Crippen LogP contribution is -2.36. The summed E-state index contributed by atoms with van der Waals surface area (Å²) in [5, 5.41) is 2.52. The van der Waals surface area contributed by atoms with Gasteiger partial charge in [0.1, 0.15) is 19.8 Å². The predicted octanol–water partition coefficient (Wildman–Crippen LogP) is 1.50. The lowest BCUT2D eigenvalue weighted by molar-refractivity contribution is -0.153. The molecule has 2 heterocycles. The Bertz CT molecular complexity index is 695. The second-order valence-electron chi connectivity index (χ2n) is 5.52. The summed E-state index contributed by atoms with van der Waals surface area (Å²) in [7, 11) is 0. The van der Waals surface area contributed by atoms with Gasteiger partial charge in [0, 0.05) is 24.1 Å². The molecule has 1 aromatic carbocycles. The van der Waals surface area contributed by atoms with E-state index in [1.165, 1.54) is 11.8 Å². The van der Waals surface area contributed by atoms with E-state index in [0.29, 0.717) is 42.7 Å². The summed E-state index contributed by atoms with van der Waals surface area (Å²) in [6.07, 6.45) is -0.981. The highest BCUT2D eigenvalue weighted by atomic mass is 32.2. The molecule has 1 aromatic rings. The van der Waals surface area contributed by atoms with E-state index in [9.17, 15) is 14.4 Å². The SMILES string of the molecule is C[C@@H](OC(=O)CN1CCSC1=O)C(=O)Nc1ccc2c(c1)OCCO2. The van der Waals surface area contributed by atoms with Crippen LogP contribution in [0.2, 0.25) is 0 Å². The monoisotopic (exact) mass is 366 g/mol. The van der Waals surface area contributed by atoms with Gasteiger partial charge in [-0.05, 0) is 19.1 Å². The quantitative estimate of drug-likeness (QED) is 0.789. The first-order valence-electron chi connectivity index (χ1n) is 7.84. The van der Waals surface area contributed by atoms with Gasteiger partial charge in [-0.2, -0.15) is 0 Å². The van der Waals surface area contributed by atoms with E-state index in [1.807, 2.05) is 0 Å². The van der Waals surface area contributed by atoms with Crippen LogP contribution in [-0.4, -0.2) is 60.2 Å². The Morgan fingerprint density at radius 3 is 2.80 bits per heavy atom. The van der Waals surface area contributed by atoms with E-state index in [-0.39, 0.29) is 11.8 Å². The molecule has 25 heavy (non-hydrogen) atoms. The van der Waals surface area contributed by atoms with Gasteiger partial charge in [0.2, 0.25) is 0 Å². The summed E-state index contributed by atoms with van der Waals surface area (Å²) < 4.78 is 16.0. The molecule has 0 unspecified atom stereocenters.